The Morgan fingerprint density at radius 3 is 2.56 bits per heavy atom. The first-order valence-electron chi connectivity index (χ1n) is 11.7. The Morgan fingerprint density at radius 2 is 1.94 bits per heavy atom. The number of aromatic nitrogens is 2. The summed E-state index contributed by atoms with van der Waals surface area (Å²) in [6, 6.07) is 2.87. The number of benzene rings is 1. The van der Waals surface area contributed by atoms with Gasteiger partial charge in [0.15, 0.2) is 0 Å². The highest BCUT2D eigenvalue weighted by Crippen LogP contribution is 2.34. The van der Waals surface area contributed by atoms with Gasteiger partial charge in [0.1, 0.15) is 23.2 Å². The van der Waals surface area contributed by atoms with E-state index in [1.165, 1.54) is 21.7 Å². The maximum Gasteiger partial charge on any atom is 0.410 e. The van der Waals surface area contributed by atoms with Crippen molar-refractivity contribution in [2.45, 2.75) is 57.8 Å². The predicted octanol–water partition coefficient (Wildman–Crippen LogP) is 3.03. The van der Waals surface area contributed by atoms with Gasteiger partial charge in [0.2, 0.25) is 5.91 Å². The predicted molar refractivity (Wildman–Crippen MR) is 129 cm³/mol. The number of primary amides is 1. The molecule has 3 N–H and O–H groups in total. The van der Waals surface area contributed by atoms with E-state index in [4.69, 9.17) is 26.8 Å². The Bertz CT molecular complexity index is 1190. The number of halogens is 2. The van der Waals surface area contributed by atoms with E-state index in [-0.39, 0.29) is 47.0 Å². The van der Waals surface area contributed by atoms with E-state index in [1.54, 1.807) is 20.8 Å². The fourth-order valence-corrected chi connectivity index (χ4v) is 4.49. The number of nitrogens with one attached hydrogen (secondary N) is 1. The van der Waals surface area contributed by atoms with Gasteiger partial charge in [-0.1, -0.05) is 11.6 Å². The molecule has 3 amide bonds. The Labute approximate surface area is 212 Å². The molecule has 1 atom stereocenters. The van der Waals surface area contributed by atoms with Crippen LogP contribution in [-0.2, 0) is 20.8 Å². The lowest BCUT2D eigenvalue weighted by molar-refractivity contribution is -0.127. The second kappa shape index (κ2) is 10.1. The first-order valence-corrected chi connectivity index (χ1v) is 12.0. The molecule has 1 aromatic heterocycles. The maximum atomic E-state index is 13.8. The highest BCUT2D eigenvalue weighted by molar-refractivity contribution is 6.31. The number of ether oxygens (including phenoxy) is 2. The second-order valence-corrected chi connectivity index (χ2v) is 10.3. The van der Waals surface area contributed by atoms with Crippen LogP contribution in [0.25, 0.3) is 11.3 Å². The summed E-state index contributed by atoms with van der Waals surface area (Å²) in [5, 5.41) is 7.40. The van der Waals surface area contributed by atoms with Gasteiger partial charge in [-0.15, -0.1) is 0 Å². The SMILES string of the molecule is CC(C)(C)OC(=O)N1Cc2c(C(N)=O)c(-c3ccc(F)c(Cl)c3)nn2C(C(=O)NC2CCOCC2)C1. The molecule has 1 saturated heterocycles. The first kappa shape index (κ1) is 25.9. The second-order valence-electron chi connectivity index (χ2n) is 9.88. The van der Waals surface area contributed by atoms with Crippen molar-refractivity contribution in [3.05, 3.63) is 40.3 Å². The van der Waals surface area contributed by atoms with Crippen LogP contribution in [0.1, 0.15) is 55.7 Å². The fraction of sp³-hybridized carbons (Fsp3) is 0.500. The average molecular weight is 522 g/mol. The number of fused-ring (bicyclic) bond motifs is 1. The molecule has 0 radical (unpaired) electrons. The molecular weight excluding hydrogens is 493 g/mol. The van der Waals surface area contributed by atoms with Gasteiger partial charge in [-0.25, -0.2) is 9.18 Å². The van der Waals surface area contributed by atoms with Crippen molar-refractivity contribution in [3.63, 3.8) is 0 Å². The van der Waals surface area contributed by atoms with Gasteiger partial charge < -0.3 is 20.5 Å². The summed E-state index contributed by atoms with van der Waals surface area (Å²) in [6.45, 7) is 6.19. The summed E-state index contributed by atoms with van der Waals surface area (Å²) < 4.78 is 26.1. The van der Waals surface area contributed by atoms with E-state index >= 15 is 0 Å². The fourth-order valence-electron chi connectivity index (χ4n) is 4.31. The Balaban J connectivity index is 1.77. The van der Waals surface area contributed by atoms with Gasteiger partial charge in [-0.05, 0) is 51.8 Å². The van der Waals surface area contributed by atoms with Crippen LogP contribution in [0, 0.1) is 5.82 Å². The van der Waals surface area contributed by atoms with Crippen LogP contribution < -0.4 is 11.1 Å². The highest BCUT2D eigenvalue weighted by Gasteiger charge is 2.39. The first-order chi connectivity index (χ1) is 16.9. The molecule has 2 aliphatic heterocycles. The molecule has 0 bridgehead atoms. The van der Waals surface area contributed by atoms with Crippen LogP contribution in [0.2, 0.25) is 5.02 Å². The molecule has 2 aromatic rings. The van der Waals surface area contributed by atoms with Gasteiger partial charge in [0, 0.05) is 24.8 Å². The Hall–Kier alpha value is -3.18. The third-order valence-corrected chi connectivity index (χ3v) is 6.29. The van der Waals surface area contributed by atoms with E-state index in [2.05, 4.69) is 10.4 Å². The number of hydrogen-bond donors (Lipinski definition) is 2. The number of carbonyl (C=O) groups is 3. The van der Waals surface area contributed by atoms with Crippen molar-refractivity contribution in [2.24, 2.45) is 5.73 Å². The number of carbonyl (C=O) groups excluding carboxylic acids is 3. The number of rotatable bonds is 4. The number of nitrogens with two attached hydrogens (primary N) is 1. The van der Waals surface area contributed by atoms with Gasteiger partial charge in [-0.2, -0.15) is 5.10 Å². The summed E-state index contributed by atoms with van der Waals surface area (Å²) in [5.41, 5.74) is 5.77. The summed E-state index contributed by atoms with van der Waals surface area (Å²) in [5.74, 6) is -1.80. The van der Waals surface area contributed by atoms with Crippen molar-refractivity contribution < 1.29 is 28.2 Å². The molecule has 10 nitrogen and oxygen atoms in total. The van der Waals surface area contributed by atoms with E-state index in [1.807, 2.05) is 0 Å². The third kappa shape index (κ3) is 5.46. The van der Waals surface area contributed by atoms with Gasteiger partial charge in [0.05, 0.1) is 29.4 Å². The number of amides is 3. The zero-order chi connectivity index (χ0) is 26.2. The highest BCUT2D eigenvalue weighted by atomic mass is 35.5. The largest absolute Gasteiger partial charge is 0.444 e. The Kier molecular flexibility index (Phi) is 7.24. The minimum Gasteiger partial charge on any atom is -0.444 e. The van der Waals surface area contributed by atoms with E-state index in [0.717, 1.165) is 6.07 Å². The van der Waals surface area contributed by atoms with Crippen LogP contribution in [0.15, 0.2) is 18.2 Å². The van der Waals surface area contributed by atoms with Crippen LogP contribution in [0.3, 0.4) is 0 Å². The van der Waals surface area contributed by atoms with Gasteiger partial charge in [0.25, 0.3) is 5.91 Å². The average Bonchev–Trinajstić information content (AvgIpc) is 3.19. The van der Waals surface area contributed by atoms with E-state index < -0.39 is 29.5 Å². The van der Waals surface area contributed by atoms with Gasteiger partial charge in [-0.3, -0.25) is 19.2 Å². The normalized spacial score (nSPS) is 18.5. The topological polar surface area (TPSA) is 129 Å². The molecule has 0 spiro atoms. The van der Waals surface area contributed by atoms with Crippen LogP contribution in [0.4, 0.5) is 9.18 Å². The third-order valence-electron chi connectivity index (χ3n) is 6.00. The summed E-state index contributed by atoms with van der Waals surface area (Å²) >= 11 is 5.97. The van der Waals surface area contributed by atoms with Crippen LogP contribution >= 0.6 is 11.6 Å². The number of nitrogens with zero attached hydrogens (tertiary/aromatic N) is 3. The van der Waals surface area contributed by atoms with Crippen molar-refractivity contribution in [1.82, 2.24) is 20.0 Å². The molecule has 0 aliphatic carbocycles. The molecule has 1 fully saturated rings. The molecule has 0 saturated carbocycles. The summed E-state index contributed by atoms with van der Waals surface area (Å²) in [6.07, 6.45) is 0.679. The summed E-state index contributed by atoms with van der Waals surface area (Å²) in [7, 11) is 0. The molecule has 1 aromatic carbocycles. The maximum absolute atomic E-state index is 13.8. The van der Waals surface area contributed by atoms with Gasteiger partial charge >= 0.3 is 6.09 Å². The number of hydrogen-bond acceptors (Lipinski definition) is 6. The molecule has 1 unspecified atom stereocenters. The molecule has 36 heavy (non-hydrogen) atoms. The van der Waals surface area contributed by atoms with Crippen molar-refractivity contribution in [2.75, 3.05) is 19.8 Å². The van der Waals surface area contributed by atoms with Crippen molar-refractivity contribution in [3.8, 4) is 11.3 Å². The monoisotopic (exact) mass is 521 g/mol. The van der Waals surface area contributed by atoms with Crippen LogP contribution in [0.5, 0.6) is 0 Å². The molecule has 4 rings (SSSR count). The Morgan fingerprint density at radius 1 is 1.25 bits per heavy atom. The smallest absolute Gasteiger partial charge is 0.410 e. The van der Waals surface area contributed by atoms with Crippen molar-refractivity contribution >= 4 is 29.5 Å². The standard InChI is InChI=1S/C24H29ClFN5O5/c1-24(2,3)36-23(34)30-11-17-19(21(27)32)20(13-4-5-16(26)15(25)10-13)29-31(17)18(12-30)22(33)28-14-6-8-35-9-7-14/h4-5,10,14,18H,6-9,11-12H2,1-3H3,(H2,27,32)(H,28,33). The minimum absolute atomic E-state index is 0.0230. The molecule has 194 valence electrons. The lowest BCUT2D eigenvalue weighted by Crippen LogP contribution is -2.50. The zero-order valence-corrected chi connectivity index (χ0v) is 21.1. The van der Waals surface area contributed by atoms with E-state index in [0.29, 0.717) is 31.6 Å². The lowest BCUT2D eigenvalue weighted by atomic mass is 10.0. The zero-order valence-electron chi connectivity index (χ0n) is 20.3. The molecule has 3 heterocycles. The lowest BCUT2D eigenvalue weighted by Gasteiger charge is -2.35. The minimum atomic E-state index is -0.952. The summed E-state index contributed by atoms with van der Waals surface area (Å²) in [4.78, 5) is 40.3. The van der Waals surface area contributed by atoms with Crippen molar-refractivity contribution in [1.29, 1.82) is 0 Å². The molecule has 2 aliphatic rings. The molecule has 12 heteroatoms. The van der Waals surface area contributed by atoms with Crippen LogP contribution in [-0.4, -0.2) is 64.0 Å². The quantitative estimate of drug-likeness (QED) is 0.636. The van der Waals surface area contributed by atoms with E-state index in [9.17, 15) is 18.8 Å². The molecular formula is C24H29ClFN5O5.